The van der Waals surface area contributed by atoms with E-state index in [1.54, 1.807) is 0 Å². The van der Waals surface area contributed by atoms with Crippen molar-refractivity contribution in [2.24, 2.45) is 0 Å². The summed E-state index contributed by atoms with van der Waals surface area (Å²) in [6, 6.07) is 1.12. The zero-order valence-corrected chi connectivity index (χ0v) is 15.4. The molecule has 0 saturated carbocycles. The highest BCUT2D eigenvalue weighted by Gasteiger charge is 2.49. The van der Waals surface area contributed by atoms with Gasteiger partial charge in [0, 0.05) is 17.5 Å². The summed E-state index contributed by atoms with van der Waals surface area (Å²) in [7, 11) is -5.89. The molecule has 0 aliphatic carbocycles. The minimum atomic E-state index is -5.89. The van der Waals surface area contributed by atoms with Crippen molar-refractivity contribution in [1.29, 1.82) is 0 Å². The minimum Gasteiger partial charge on any atom is -0.465 e. The van der Waals surface area contributed by atoms with Crippen molar-refractivity contribution in [1.82, 2.24) is 4.90 Å². The summed E-state index contributed by atoms with van der Waals surface area (Å²) in [6.45, 7) is 2.71. The van der Waals surface area contributed by atoms with Crippen molar-refractivity contribution >= 4 is 27.2 Å². The van der Waals surface area contributed by atoms with Gasteiger partial charge in [-0.3, -0.25) is 0 Å². The van der Waals surface area contributed by atoms with E-state index in [1.807, 2.05) is 0 Å². The van der Waals surface area contributed by atoms with Gasteiger partial charge in [0.25, 0.3) is 0 Å². The summed E-state index contributed by atoms with van der Waals surface area (Å²) < 4.78 is 69.9. The molecule has 12 heteroatoms. The van der Waals surface area contributed by atoms with E-state index in [9.17, 15) is 31.2 Å². The maximum atomic E-state index is 12.6. The Morgan fingerprint density at radius 2 is 1.93 bits per heavy atom. The van der Waals surface area contributed by atoms with Gasteiger partial charge in [-0.1, -0.05) is 0 Å². The number of fused-ring (bicyclic) bond motifs is 3. The summed E-state index contributed by atoms with van der Waals surface area (Å²) in [4.78, 5) is 24.5. The topological polar surface area (TPSA) is 114 Å². The highest BCUT2D eigenvalue weighted by molar-refractivity contribution is 7.88. The van der Waals surface area contributed by atoms with Crippen LogP contribution in [0, 0.1) is 13.8 Å². The molecule has 1 aliphatic heterocycles. The molecule has 28 heavy (non-hydrogen) atoms. The number of carbonyl (C=O) groups is 1. The summed E-state index contributed by atoms with van der Waals surface area (Å²) >= 11 is 0. The normalized spacial score (nSPS) is 14.8. The van der Waals surface area contributed by atoms with Gasteiger partial charge in [0.15, 0.2) is 0 Å². The molecule has 1 aliphatic rings. The zero-order valence-electron chi connectivity index (χ0n) is 14.6. The van der Waals surface area contributed by atoms with Crippen molar-refractivity contribution in [3.8, 4) is 5.75 Å². The molecular formula is C16H14F3NO7S. The number of halogens is 3. The lowest BCUT2D eigenvalue weighted by atomic mass is 9.93. The second-order valence-electron chi connectivity index (χ2n) is 6.30. The van der Waals surface area contributed by atoms with Crippen LogP contribution in [-0.4, -0.2) is 36.6 Å². The molecule has 2 aromatic rings. The van der Waals surface area contributed by atoms with E-state index >= 15 is 0 Å². The van der Waals surface area contributed by atoms with Gasteiger partial charge in [-0.25, -0.2) is 9.59 Å². The molecule has 0 atom stereocenters. The van der Waals surface area contributed by atoms with Gasteiger partial charge in [0.05, 0.1) is 12.1 Å². The average Bonchev–Trinajstić information content (AvgIpc) is 2.57. The predicted molar refractivity (Wildman–Crippen MR) is 89.7 cm³/mol. The first-order chi connectivity index (χ1) is 12.8. The molecule has 0 spiro atoms. The number of aryl methyl sites for hydroxylation is 2. The van der Waals surface area contributed by atoms with Crippen LogP contribution in [0.25, 0.3) is 11.0 Å². The number of amides is 1. The van der Waals surface area contributed by atoms with Crippen LogP contribution in [0.3, 0.4) is 0 Å². The van der Waals surface area contributed by atoms with Gasteiger partial charge in [0.1, 0.15) is 11.3 Å². The largest absolute Gasteiger partial charge is 0.534 e. The van der Waals surface area contributed by atoms with E-state index in [-0.39, 0.29) is 36.2 Å². The second-order valence-corrected chi connectivity index (χ2v) is 7.84. The number of carboxylic acid groups (broad SMARTS) is 1. The van der Waals surface area contributed by atoms with Gasteiger partial charge < -0.3 is 18.6 Å². The van der Waals surface area contributed by atoms with Gasteiger partial charge in [-0.15, -0.1) is 0 Å². The Morgan fingerprint density at radius 1 is 1.29 bits per heavy atom. The Kier molecular flexibility index (Phi) is 4.57. The van der Waals surface area contributed by atoms with Gasteiger partial charge >= 0.3 is 27.3 Å². The standard InChI is InChI=1S/C16H14F3NO7S/c1-7-5-11(27-28(24,25)16(17,18)19)8(2)13-12(7)9-3-4-20(15(22)23)6-10(9)14(21)26-13/h5H,3-4,6H2,1-2H3,(H,22,23). The fourth-order valence-corrected chi connectivity index (χ4v) is 3.66. The van der Waals surface area contributed by atoms with Crippen LogP contribution in [0.1, 0.15) is 22.3 Å². The Hall–Kier alpha value is -2.76. The van der Waals surface area contributed by atoms with Crippen LogP contribution in [0.15, 0.2) is 15.3 Å². The Bertz CT molecular complexity index is 1150. The van der Waals surface area contributed by atoms with Gasteiger partial charge in [0.2, 0.25) is 0 Å². The molecule has 2 heterocycles. The van der Waals surface area contributed by atoms with Gasteiger partial charge in [-0.05, 0) is 37.5 Å². The van der Waals surface area contributed by atoms with Crippen molar-refractivity contribution in [2.75, 3.05) is 6.54 Å². The molecule has 0 radical (unpaired) electrons. The van der Waals surface area contributed by atoms with E-state index < -0.39 is 33.1 Å². The molecule has 0 saturated heterocycles. The molecule has 0 fully saturated rings. The highest BCUT2D eigenvalue weighted by Crippen LogP contribution is 2.36. The number of alkyl halides is 3. The van der Waals surface area contributed by atoms with E-state index in [2.05, 4.69) is 4.18 Å². The van der Waals surface area contributed by atoms with Crippen LogP contribution in [0.2, 0.25) is 0 Å². The van der Waals surface area contributed by atoms with Crippen molar-refractivity contribution in [3.63, 3.8) is 0 Å². The Morgan fingerprint density at radius 3 is 2.50 bits per heavy atom. The molecule has 1 aromatic carbocycles. The first-order valence-electron chi connectivity index (χ1n) is 7.91. The Labute approximate surface area is 156 Å². The molecule has 1 aromatic heterocycles. The van der Waals surface area contributed by atoms with E-state index in [4.69, 9.17) is 9.52 Å². The monoisotopic (exact) mass is 421 g/mol. The summed E-state index contributed by atoms with van der Waals surface area (Å²) in [5.41, 5.74) is -5.65. The van der Waals surface area contributed by atoms with E-state index in [1.165, 1.54) is 13.8 Å². The summed E-state index contributed by atoms with van der Waals surface area (Å²) in [5.74, 6) is -0.603. The van der Waals surface area contributed by atoms with Crippen molar-refractivity contribution < 1.29 is 40.1 Å². The van der Waals surface area contributed by atoms with E-state index in [0.717, 1.165) is 11.0 Å². The zero-order chi connectivity index (χ0) is 21.0. The fourth-order valence-electron chi connectivity index (χ4n) is 3.15. The lowest BCUT2D eigenvalue weighted by Gasteiger charge is -2.27. The molecule has 152 valence electrons. The lowest BCUT2D eigenvalue weighted by Crippen LogP contribution is -2.37. The number of hydrogen-bond acceptors (Lipinski definition) is 6. The van der Waals surface area contributed by atoms with Crippen LogP contribution in [0.5, 0.6) is 5.75 Å². The SMILES string of the molecule is Cc1c(OS(=O)(=O)C(F)(F)F)cc(C)c2c3c(c(=O)oc12)CN(C(=O)O)CC3. The Balaban J connectivity index is 2.21. The molecule has 1 amide bonds. The lowest BCUT2D eigenvalue weighted by molar-refractivity contribution is -0.0500. The first-order valence-corrected chi connectivity index (χ1v) is 9.31. The molecule has 3 rings (SSSR count). The second kappa shape index (κ2) is 6.40. The summed E-state index contributed by atoms with van der Waals surface area (Å²) in [5, 5.41) is 9.53. The third-order valence-electron chi connectivity index (χ3n) is 4.52. The average molecular weight is 421 g/mol. The maximum Gasteiger partial charge on any atom is 0.534 e. The molecular weight excluding hydrogens is 407 g/mol. The van der Waals surface area contributed by atoms with Crippen molar-refractivity contribution in [2.45, 2.75) is 32.3 Å². The maximum absolute atomic E-state index is 12.6. The van der Waals surface area contributed by atoms with Crippen LogP contribution >= 0.6 is 0 Å². The van der Waals surface area contributed by atoms with E-state index in [0.29, 0.717) is 16.5 Å². The number of benzene rings is 1. The van der Waals surface area contributed by atoms with Crippen LogP contribution < -0.4 is 9.81 Å². The highest BCUT2D eigenvalue weighted by atomic mass is 32.2. The third kappa shape index (κ3) is 3.17. The molecule has 8 nitrogen and oxygen atoms in total. The molecule has 1 N–H and O–H groups in total. The fraction of sp³-hybridized carbons (Fsp3) is 0.375. The number of rotatable bonds is 2. The number of hydrogen-bond donors (Lipinski definition) is 1. The minimum absolute atomic E-state index is 0.0889. The van der Waals surface area contributed by atoms with Crippen LogP contribution in [-0.2, 0) is 23.1 Å². The molecule has 0 bridgehead atoms. The predicted octanol–water partition coefficient (Wildman–Crippen LogP) is 2.67. The van der Waals surface area contributed by atoms with Crippen molar-refractivity contribution in [3.05, 3.63) is 38.7 Å². The smallest absolute Gasteiger partial charge is 0.465 e. The summed E-state index contributed by atoms with van der Waals surface area (Å²) in [6.07, 6.45) is -0.996. The first kappa shape index (κ1) is 20.0. The number of nitrogens with zero attached hydrogens (tertiary/aromatic N) is 1. The van der Waals surface area contributed by atoms with Crippen LogP contribution in [0.4, 0.5) is 18.0 Å². The van der Waals surface area contributed by atoms with Gasteiger partial charge in [-0.2, -0.15) is 21.6 Å². The molecule has 0 unspecified atom stereocenters. The quantitative estimate of drug-likeness (QED) is 0.450. The third-order valence-corrected chi connectivity index (χ3v) is 5.49.